The third kappa shape index (κ3) is 1.77. The maximum absolute atomic E-state index is 5.63. The average Bonchev–Trinajstić information content (AvgIpc) is 2.91. The van der Waals surface area contributed by atoms with Gasteiger partial charge >= 0.3 is 0 Å². The summed E-state index contributed by atoms with van der Waals surface area (Å²) in [7, 11) is 0. The number of imidazole rings is 1. The van der Waals surface area contributed by atoms with Crippen molar-refractivity contribution in [2.45, 2.75) is 13.1 Å². The predicted molar refractivity (Wildman–Crippen MR) is 70.4 cm³/mol. The van der Waals surface area contributed by atoms with E-state index in [4.69, 9.17) is 9.47 Å². The Kier molecular flexibility index (Phi) is 2.45. The first-order valence-corrected chi connectivity index (χ1v) is 6.57. The number of aromatic nitrogens is 2. The Hall–Kier alpha value is -2.01. The molecule has 0 radical (unpaired) electrons. The van der Waals surface area contributed by atoms with Crippen LogP contribution in [0.1, 0.15) is 5.69 Å². The number of benzene rings is 1. The minimum Gasteiger partial charge on any atom is -0.486 e. The third-order valence-corrected chi connectivity index (χ3v) is 3.56. The summed E-state index contributed by atoms with van der Waals surface area (Å²) < 4.78 is 13.4. The molecule has 0 spiro atoms. The van der Waals surface area contributed by atoms with Crippen molar-refractivity contribution in [1.29, 1.82) is 0 Å². The van der Waals surface area contributed by atoms with E-state index >= 15 is 0 Å². The molecule has 2 aromatic rings. The Morgan fingerprint density at radius 2 is 2.05 bits per heavy atom. The fraction of sp³-hybridized carbons (Fsp3) is 0.357. The third-order valence-electron chi connectivity index (χ3n) is 3.56. The lowest BCUT2D eigenvalue weighted by Gasteiger charge is -2.20. The highest BCUT2D eigenvalue weighted by Gasteiger charge is 2.17. The van der Waals surface area contributed by atoms with E-state index in [0.717, 1.165) is 42.5 Å². The molecular weight excluding hydrogens is 242 g/mol. The lowest BCUT2D eigenvalue weighted by atomic mass is 10.1. The van der Waals surface area contributed by atoms with Crippen LogP contribution < -0.4 is 14.8 Å². The summed E-state index contributed by atoms with van der Waals surface area (Å²) in [4.78, 5) is 4.54. The van der Waals surface area contributed by atoms with Gasteiger partial charge in [0.05, 0.1) is 11.9 Å². The van der Waals surface area contributed by atoms with E-state index in [1.54, 1.807) is 0 Å². The molecule has 19 heavy (non-hydrogen) atoms. The van der Waals surface area contributed by atoms with Gasteiger partial charge in [0.25, 0.3) is 0 Å². The van der Waals surface area contributed by atoms with E-state index < -0.39 is 0 Å². The van der Waals surface area contributed by atoms with Crippen molar-refractivity contribution in [2.75, 3.05) is 19.8 Å². The van der Waals surface area contributed by atoms with Crippen molar-refractivity contribution in [1.82, 2.24) is 14.9 Å². The molecule has 1 aromatic carbocycles. The lowest BCUT2D eigenvalue weighted by molar-refractivity contribution is 0.171. The Morgan fingerprint density at radius 1 is 1.16 bits per heavy atom. The highest BCUT2D eigenvalue weighted by atomic mass is 16.6. The van der Waals surface area contributed by atoms with Gasteiger partial charge < -0.3 is 19.4 Å². The molecule has 0 bridgehead atoms. The van der Waals surface area contributed by atoms with Gasteiger partial charge in [-0.15, -0.1) is 0 Å². The molecule has 98 valence electrons. The number of rotatable bonds is 1. The van der Waals surface area contributed by atoms with Crippen LogP contribution in [0.5, 0.6) is 11.5 Å². The Labute approximate surface area is 111 Å². The van der Waals surface area contributed by atoms with Gasteiger partial charge in [-0.05, 0) is 18.2 Å². The molecular formula is C14H15N3O2. The van der Waals surface area contributed by atoms with E-state index in [1.807, 2.05) is 24.4 Å². The topological polar surface area (TPSA) is 48.3 Å². The SMILES string of the molecule is c1cc2c(cc1-c1ncc3n1CCNC3)OCCO2. The molecule has 3 heterocycles. The molecule has 0 aliphatic carbocycles. The van der Waals surface area contributed by atoms with Crippen LogP contribution in [0, 0.1) is 0 Å². The standard InChI is InChI=1S/C14H15N3O2/c1-2-12-13(19-6-5-18-12)7-10(1)14-16-9-11-8-15-3-4-17(11)14/h1-2,7,9,15H,3-6,8H2. The molecule has 0 amide bonds. The van der Waals surface area contributed by atoms with Crippen LogP contribution in [0.4, 0.5) is 0 Å². The second-order valence-electron chi connectivity index (χ2n) is 4.76. The first-order valence-electron chi connectivity index (χ1n) is 6.57. The maximum Gasteiger partial charge on any atom is 0.162 e. The van der Waals surface area contributed by atoms with E-state index in [2.05, 4.69) is 14.9 Å². The maximum atomic E-state index is 5.63. The number of fused-ring (bicyclic) bond motifs is 2. The van der Waals surface area contributed by atoms with Gasteiger partial charge in [0.1, 0.15) is 19.0 Å². The molecule has 5 heteroatoms. The van der Waals surface area contributed by atoms with Crippen molar-refractivity contribution >= 4 is 0 Å². The van der Waals surface area contributed by atoms with Crippen molar-refractivity contribution in [3.8, 4) is 22.9 Å². The van der Waals surface area contributed by atoms with Gasteiger partial charge in [0.15, 0.2) is 11.5 Å². The average molecular weight is 257 g/mol. The zero-order chi connectivity index (χ0) is 12.7. The predicted octanol–water partition coefficient (Wildman–Crippen LogP) is 1.42. The molecule has 0 atom stereocenters. The molecule has 0 saturated heterocycles. The van der Waals surface area contributed by atoms with Crippen molar-refractivity contribution in [3.05, 3.63) is 30.1 Å². The molecule has 0 fully saturated rings. The van der Waals surface area contributed by atoms with Crippen molar-refractivity contribution in [2.24, 2.45) is 0 Å². The summed E-state index contributed by atoms with van der Waals surface area (Å²) in [6, 6.07) is 6.03. The Balaban J connectivity index is 1.78. The minimum absolute atomic E-state index is 0.611. The summed E-state index contributed by atoms with van der Waals surface area (Å²) in [5.74, 6) is 2.64. The molecule has 1 N–H and O–H groups in total. The molecule has 4 rings (SSSR count). The van der Waals surface area contributed by atoms with Crippen LogP contribution >= 0.6 is 0 Å². The van der Waals surface area contributed by atoms with Gasteiger partial charge in [-0.1, -0.05) is 0 Å². The van der Waals surface area contributed by atoms with Gasteiger partial charge in [0, 0.05) is 25.2 Å². The van der Waals surface area contributed by atoms with E-state index in [0.29, 0.717) is 13.2 Å². The fourth-order valence-electron chi connectivity index (χ4n) is 2.62. The quantitative estimate of drug-likeness (QED) is 0.839. The van der Waals surface area contributed by atoms with Crippen LogP contribution in [-0.4, -0.2) is 29.3 Å². The fourth-order valence-corrected chi connectivity index (χ4v) is 2.62. The highest BCUT2D eigenvalue weighted by molar-refractivity contribution is 5.62. The van der Waals surface area contributed by atoms with Crippen LogP contribution in [-0.2, 0) is 13.1 Å². The molecule has 5 nitrogen and oxygen atoms in total. The second-order valence-corrected chi connectivity index (χ2v) is 4.76. The Bertz CT molecular complexity index is 621. The molecule has 1 aromatic heterocycles. The van der Waals surface area contributed by atoms with Gasteiger partial charge in [0.2, 0.25) is 0 Å². The lowest BCUT2D eigenvalue weighted by Crippen LogP contribution is -2.27. The van der Waals surface area contributed by atoms with E-state index in [9.17, 15) is 0 Å². The first-order chi connectivity index (χ1) is 9.42. The van der Waals surface area contributed by atoms with E-state index in [1.165, 1.54) is 5.69 Å². The van der Waals surface area contributed by atoms with Crippen molar-refractivity contribution in [3.63, 3.8) is 0 Å². The zero-order valence-corrected chi connectivity index (χ0v) is 10.6. The summed E-state index contributed by atoms with van der Waals surface area (Å²) in [6.07, 6.45) is 1.94. The van der Waals surface area contributed by atoms with Crippen LogP contribution in [0.15, 0.2) is 24.4 Å². The van der Waals surface area contributed by atoms with Crippen molar-refractivity contribution < 1.29 is 9.47 Å². The molecule has 2 aliphatic heterocycles. The minimum atomic E-state index is 0.611. The van der Waals surface area contributed by atoms with Crippen LogP contribution in [0.3, 0.4) is 0 Å². The van der Waals surface area contributed by atoms with E-state index in [-0.39, 0.29) is 0 Å². The summed E-state index contributed by atoms with van der Waals surface area (Å²) in [6.45, 7) is 4.06. The number of nitrogens with one attached hydrogen (secondary N) is 1. The van der Waals surface area contributed by atoms with Crippen LogP contribution in [0.25, 0.3) is 11.4 Å². The summed E-state index contributed by atoms with van der Waals surface area (Å²) in [5.41, 5.74) is 2.31. The smallest absolute Gasteiger partial charge is 0.162 e. The summed E-state index contributed by atoms with van der Waals surface area (Å²) >= 11 is 0. The van der Waals surface area contributed by atoms with Gasteiger partial charge in [-0.2, -0.15) is 0 Å². The molecule has 2 aliphatic rings. The molecule has 0 unspecified atom stereocenters. The number of ether oxygens (including phenoxy) is 2. The number of hydrogen-bond donors (Lipinski definition) is 1. The second kappa shape index (κ2) is 4.28. The highest BCUT2D eigenvalue weighted by Crippen LogP contribution is 2.34. The largest absolute Gasteiger partial charge is 0.486 e. The number of hydrogen-bond acceptors (Lipinski definition) is 4. The molecule has 0 saturated carbocycles. The van der Waals surface area contributed by atoms with Gasteiger partial charge in [-0.3, -0.25) is 0 Å². The zero-order valence-electron chi connectivity index (χ0n) is 10.6. The number of nitrogens with zero attached hydrogens (tertiary/aromatic N) is 2. The monoisotopic (exact) mass is 257 g/mol. The van der Waals surface area contributed by atoms with Crippen LogP contribution in [0.2, 0.25) is 0 Å². The van der Waals surface area contributed by atoms with Gasteiger partial charge in [-0.25, -0.2) is 4.98 Å². The Morgan fingerprint density at radius 3 is 3.00 bits per heavy atom. The summed E-state index contributed by atoms with van der Waals surface area (Å²) in [5, 5.41) is 3.35. The normalized spacial score (nSPS) is 17.1. The first kappa shape index (κ1) is 10.9.